The first kappa shape index (κ1) is 29.6. The molecule has 0 radical (unpaired) electrons. The molecule has 208 valence electrons. The van der Waals surface area contributed by atoms with Crippen LogP contribution in [0.3, 0.4) is 0 Å². The fraction of sp³-hybridized carbons (Fsp3) is 0.200. The van der Waals surface area contributed by atoms with Crippen LogP contribution in [0, 0.1) is 17.2 Å². The summed E-state index contributed by atoms with van der Waals surface area (Å²) < 4.78 is 5.46. The lowest BCUT2D eigenvalue weighted by atomic mass is 9.98. The van der Waals surface area contributed by atoms with Gasteiger partial charge in [-0.05, 0) is 40.7 Å². The van der Waals surface area contributed by atoms with Crippen molar-refractivity contribution in [2.75, 3.05) is 0 Å². The number of hydrogen-bond donors (Lipinski definition) is 1. The number of Topliss-reactive ketones (excluding diaryl/α,β-unsaturated/α-hetero) is 1. The van der Waals surface area contributed by atoms with Crippen molar-refractivity contribution in [3.8, 4) is 6.07 Å². The number of ketones is 1. The Morgan fingerprint density at radius 2 is 1.20 bits per heavy atom. The first-order chi connectivity index (χ1) is 19.9. The van der Waals surface area contributed by atoms with Crippen molar-refractivity contribution in [1.82, 2.24) is 5.32 Å². The third-order valence-corrected chi connectivity index (χ3v) is 11.1. The molecule has 41 heavy (non-hydrogen) atoms. The first-order valence-electron chi connectivity index (χ1n) is 13.8. The van der Waals surface area contributed by atoms with E-state index in [1.807, 2.05) is 135 Å². The molecule has 0 saturated heterocycles. The summed E-state index contributed by atoms with van der Waals surface area (Å²) in [5, 5.41) is 16.6. The van der Waals surface area contributed by atoms with Gasteiger partial charge in [0, 0.05) is 12.5 Å². The summed E-state index contributed by atoms with van der Waals surface area (Å²) in [5.74, 6) is -0.0592. The van der Waals surface area contributed by atoms with Crippen LogP contribution in [0.25, 0.3) is 0 Å². The smallest absolute Gasteiger partial charge is 0.407 e. The van der Waals surface area contributed by atoms with Crippen molar-refractivity contribution in [3.05, 3.63) is 127 Å². The summed E-state index contributed by atoms with van der Waals surface area (Å²) in [6.07, 6.45) is -0.0188. The maximum atomic E-state index is 14.3. The Labute approximate surface area is 242 Å². The van der Waals surface area contributed by atoms with Crippen molar-refractivity contribution in [2.24, 2.45) is 5.92 Å². The fourth-order valence-corrected chi connectivity index (χ4v) is 9.27. The van der Waals surface area contributed by atoms with Gasteiger partial charge in [0.1, 0.15) is 18.0 Å². The lowest BCUT2D eigenvalue weighted by Crippen LogP contribution is -2.40. The van der Waals surface area contributed by atoms with Gasteiger partial charge in [0.2, 0.25) is 0 Å². The summed E-state index contributed by atoms with van der Waals surface area (Å²) in [7, 11) is 0. The molecule has 5 nitrogen and oxygen atoms in total. The topological polar surface area (TPSA) is 79.2 Å². The average molecular weight is 563 g/mol. The number of amides is 1. The largest absolute Gasteiger partial charge is 0.445 e. The Morgan fingerprint density at radius 3 is 1.61 bits per heavy atom. The zero-order chi connectivity index (χ0) is 29.1. The van der Waals surface area contributed by atoms with Gasteiger partial charge in [0.05, 0.1) is 0 Å². The molecule has 1 amide bonds. The van der Waals surface area contributed by atoms with Gasteiger partial charge in [-0.15, -0.1) is 0 Å². The zero-order valence-electron chi connectivity index (χ0n) is 23.4. The highest BCUT2D eigenvalue weighted by atomic mass is 31.2. The predicted octanol–water partition coefficient (Wildman–Crippen LogP) is 5.98. The van der Waals surface area contributed by atoms with Crippen LogP contribution in [0.5, 0.6) is 0 Å². The molecule has 0 unspecified atom stereocenters. The standard InChI is InChI=1S/C35H35N2O3P/c1-27(2)23-29(37-35(39)40-26-28-15-7-3-8-16-28)24-33(38)34(25-36)41(30-17-9-4-10-18-30,31-19-11-5-12-20-31)32-21-13-6-14-22-32/h3-22,27,29H,23-24,26H2,1-2H3,(H,37,39)/t29-/m0/s1. The molecule has 4 aromatic rings. The second-order valence-corrected chi connectivity index (χ2v) is 13.6. The van der Waals surface area contributed by atoms with E-state index in [4.69, 9.17) is 4.74 Å². The minimum absolute atomic E-state index is 0.00421. The van der Waals surface area contributed by atoms with Crippen molar-refractivity contribution in [2.45, 2.75) is 39.3 Å². The number of nitrogens with zero attached hydrogens (tertiary/aromatic N) is 1. The van der Waals surface area contributed by atoms with Crippen LogP contribution in [0.4, 0.5) is 4.79 Å². The van der Waals surface area contributed by atoms with Gasteiger partial charge in [0.15, 0.2) is 5.78 Å². The van der Waals surface area contributed by atoms with Crippen LogP contribution in [0.15, 0.2) is 121 Å². The second-order valence-electron chi connectivity index (χ2n) is 10.3. The molecule has 0 aromatic heterocycles. The number of carbonyl (C=O) groups excluding carboxylic acids is 2. The molecule has 1 atom stereocenters. The monoisotopic (exact) mass is 562 g/mol. The van der Waals surface area contributed by atoms with Crippen LogP contribution in [-0.2, 0) is 16.1 Å². The van der Waals surface area contributed by atoms with Gasteiger partial charge in [-0.2, -0.15) is 5.26 Å². The van der Waals surface area contributed by atoms with Crippen molar-refractivity contribution < 1.29 is 14.3 Å². The molecular weight excluding hydrogens is 527 g/mol. The van der Waals surface area contributed by atoms with Crippen LogP contribution >= 0.6 is 6.89 Å². The molecule has 4 rings (SSSR count). The highest BCUT2D eigenvalue weighted by molar-refractivity contribution is 7.96. The van der Waals surface area contributed by atoms with Crippen molar-refractivity contribution >= 4 is 40.0 Å². The molecule has 1 N–H and O–H groups in total. The minimum atomic E-state index is -2.83. The van der Waals surface area contributed by atoms with Gasteiger partial charge in [-0.3, -0.25) is 4.79 Å². The van der Waals surface area contributed by atoms with Gasteiger partial charge >= 0.3 is 6.09 Å². The lowest BCUT2D eigenvalue weighted by Gasteiger charge is -2.30. The van der Waals surface area contributed by atoms with E-state index in [2.05, 4.69) is 11.4 Å². The number of nitriles is 1. The molecule has 0 spiro atoms. The maximum absolute atomic E-state index is 14.3. The Morgan fingerprint density at radius 1 is 0.756 bits per heavy atom. The normalized spacial score (nSPS) is 11.8. The Balaban J connectivity index is 1.77. The van der Waals surface area contributed by atoms with Gasteiger partial charge in [0.25, 0.3) is 0 Å². The van der Waals surface area contributed by atoms with Gasteiger partial charge in [-0.25, -0.2) is 4.79 Å². The highest BCUT2D eigenvalue weighted by Gasteiger charge is 2.34. The van der Waals surface area contributed by atoms with E-state index in [1.165, 1.54) is 0 Å². The third kappa shape index (κ3) is 7.23. The summed E-state index contributed by atoms with van der Waals surface area (Å²) in [6, 6.07) is 40.8. The fourth-order valence-electron chi connectivity index (χ4n) is 5.13. The lowest BCUT2D eigenvalue weighted by molar-refractivity contribution is -0.113. The summed E-state index contributed by atoms with van der Waals surface area (Å²) >= 11 is 0. The number of ether oxygens (including phenoxy) is 1. The van der Waals surface area contributed by atoms with Crippen molar-refractivity contribution in [3.63, 3.8) is 0 Å². The average Bonchev–Trinajstić information content (AvgIpc) is 3.00. The number of alkyl carbamates (subject to hydrolysis) is 1. The van der Waals surface area contributed by atoms with Crippen LogP contribution in [0.2, 0.25) is 0 Å². The quantitative estimate of drug-likeness (QED) is 0.228. The number of rotatable bonds is 11. The molecule has 0 heterocycles. The highest BCUT2D eigenvalue weighted by Crippen LogP contribution is 2.46. The molecule has 0 bridgehead atoms. The minimum Gasteiger partial charge on any atom is -0.445 e. The SMILES string of the molecule is CC(C)C[C@@H](CC(=O)C(C#N)=P(c1ccccc1)(c1ccccc1)c1ccccc1)NC(=O)OCc1ccccc1. The van der Waals surface area contributed by atoms with Crippen molar-refractivity contribution in [1.29, 1.82) is 5.26 Å². The number of carbonyl (C=O) groups is 2. The predicted molar refractivity (Wildman–Crippen MR) is 168 cm³/mol. The van der Waals surface area contributed by atoms with E-state index in [0.29, 0.717) is 6.42 Å². The van der Waals surface area contributed by atoms with E-state index in [9.17, 15) is 14.9 Å². The Hall–Kier alpha value is -4.39. The summed E-state index contributed by atoms with van der Waals surface area (Å²) in [4.78, 5) is 27.1. The van der Waals surface area contributed by atoms with Crippen LogP contribution in [-0.4, -0.2) is 23.2 Å². The van der Waals surface area contributed by atoms with Gasteiger partial charge < -0.3 is 10.1 Å². The third-order valence-electron chi connectivity index (χ3n) is 6.86. The maximum Gasteiger partial charge on any atom is 0.407 e. The molecule has 6 heteroatoms. The molecular formula is C35H35N2O3P. The summed E-state index contributed by atoms with van der Waals surface area (Å²) in [5.41, 5.74) is 0.877. The summed E-state index contributed by atoms with van der Waals surface area (Å²) in [6.45, 7) is 1.38. The Kier molecular flexibility index (Phi) is 10.3. The molecule has 0 fully saturated rings. The molecule has 0 aliphatic heterocycles. The van der Waals surface area contributed by atoms with E-state index in [0.717, 1.165) is 21.5 Å². The number of nitrogens with one attached hydrogen (secondary N) is 1. The molecule has 0 saturated carbocycles. The molecule has 0 aliphatic carbocycles. The molecule has 4 aromatic carbocycles. The molecule has 0 aliphatic rings. The van der Waals surface area contributed by atoms with E-state index < -0.39 is 19.0 Å². The Bertz CT molecular complexity index is 1430. The first-order valence-corrected chi connectivity index (χ1v) is 15.6. The van der Waals surface area contributed by atoms with Crippen LogP contribution < -0.4 is 21.2 Å². The van der Waals surface area contributed by atoms with E-state index in [-0.39, 0.29) is 30.0 Å². The number of benzene rings is 4. The van der Waals surface area contributed by atoms with E-state index >= 15 is 0 Å². The van der Waals surface area contributed by atoms with Crippen LogP contribution in [0.1, 0.15) is 32.3 Å². The second kappa shape index (κ2) is 14.3. The number of hydrogen-bond acceptors (Lipinski definition) is 4. The van der Waals surface area contributed by atoms with E-state index in [1.54, 1.807) is 0 Å². The van der Waals surface area contributed by atoms with Gasteiger partial charge in [-0.1, -0.05) is 135 Å². The zero-order valence-corrected chi connectivity index (χ0v) is 24.3.